The fourth-order valence-corrected chi connectivity index (χ4v) is 3.41. The van der Waals surface area contributed by atoms with E-state index in [4.69, 9.17) is 9.84 Å². The van der Waals surface area contributed by atoms with Gasteiger partial charge in [-0.15, -0.1) is 0 Å². The number of sulfonamides is 1. The second-order valence-electron chi connectivity index (χ2n) is 4.95. The zero-order chi connectivity index (χ0) is 14.6. The van der Waals surface area contributed by atoms with Gasteiger partial charge in [0.1, 0.15) is 6.61 Å². The Morgan fingerprint density at radius 2 is 2.10 bits per heavy atom. The monoisotopic (exact) mass is 295 g/mol. The molecule has 0 bridgehead atoms. The topological polar surface area (TPSA) is 75.6 Å². The van der Waals surface area contributed by atoms with Gasteiger partial charge >= 0.3 is 0 Å². The highest BCUT2D eigenvalue weighted by molar-refractivity contribution is 7.89. The third-order valence-electron chi connectivity index (χ3n) is 3.08. The fourth-order valence-electron chi connectivity index (χ4n) is 1.99. The van der Waals surface area contributed by atoms with Crippen LogP contribution in [0.4, 0.5) is 0 Å². The molecule has 1 aliphatic rings. The van der Waals surface area contributed by atoms with Crippen LogP contribution < -0.4 is 4.72 Å². The first-order valence-electron chi connectivity index (χ1n) is 6.27. The Labute approximate surface area is 119 Å². The van der Waals surface area contributed by atoms with Crippen molar-refractivity contribution in [3.8, 4) is 11.8 Å². The van der Waals surface area contributed by atoms with Gasteiger partial charge in [-0.3, -0.25) is 0 Å². The molecule has 5 nitrogen and oxygen atoms in total. The van der Waals surface area contributed by atoms with Crippen molar-refractivity contribution in [2.24, 2.45) is 0 Å². The normalized spacial score (nSPS) is 22.3. The molecular formula is C14H17NO4S. The Balaban J connectivity index is 2.17. The van der Waals surface area contributed by atoms with Crippen molar-refractivity contribution in [2.45, 2.75) is 23.8 Å². The first-order valence-corrected chi connectivity index (χ1v) is 7.75. The second kappa shape index (κ2) is 5.94. The third-order valence-corrected chi connectivity index (χ3v) is 4.73. The van der Waals surface area contributed by atoms with Gasteiger partial charge in [0.2, 0.25) is 10.0 Å². The van der Waals surface area contributed by atoms with Crippen LogP contribution in [0.15, 0.2) is 29.2 Å². The van der Waals surface area contributed by atoms with Crippen LogP contribution in [0.1, 0.15) is 18.9 Å². The Bertz CT molecular complexity index is 619. The summed E-state index contributed by atoms with van der Waals surface area (Å²) in [5.74, 6) is 5.23. The standard InChI is InChI=1S/C14H17NO4S/c1-14(8-10-19-11-14)15-20(17,18)13-6-4-12(5-7-13)3-2-9-16/h4-7,15-16H,8-11H2,1H3. The molecule has 0 amide bonds. The molecule has 108 valence electrons. The molecule has 1 atom stereocenters. The van der Waals surface area contributed by atoms with Crippen molar-refractivity contribution in [1.82, 2.24) is 4.72 Å². The minimum atomic E-state index is -3.57. The number of hydrogen-bond acceptors (Lipinski definition) is 4. The van der Waals surface area contributed by atoms with Crippen LogP contribution in [-0.2, 0) is 14.8 Å². The van der Waals surface area contributed by atoms with Crippen molar-refractivity contribution in [1.29, 1.82) is 0 Å². The number of aliphatic hydroxyl groups is 1. The van der Waals surface area contributed by atoms with Crippen molar-refractivity contribution >= 4 is 10.0 Å². The molecule has 1 aliphatic heterocycles. The summed E-state index contributed by atoms with van der Waals surface area (Å²) in [6.45, 7) is 2.56. The van der Waals surface area contributed by atoms with E-state index in [0.29, 0.717) is 25.2 Å². The summed E-state index contributed by atoms with van der Waals surface area (Å²) in [4.78, 5) is 0.195. The number of hydrogen-bond donors (Lipinski definition) is 2. The Hall–Kier alpha value is -1.39. The van der Waals surface area contributed by atoms with E-state index in [9.17, 15) is 8.42 Å². The average molecular weight is 295 g/mol. The molecule has 0 radical (unpaired) electrons. The van der Waals surface area contributed by atoms with Crippen LogP contribution >= 0.6 is 0 Å². The number of rotatable bonds is 3. The lowest BCUT2D eigenvalue weighted by molar-refractivity contribution is 0.178. The average Bonchev–Trinajstić information content (AvgIpc) is 2.82. The highest BCUT2D eigenvalue weighted by Gasteiger charge is 2.34. The zero-order valence-electron chi connectivity index (χ0n) is 11.2. The van der Waals surface area contributed by atoms with Gasteiger partial charge in [0.05, 0.1) is 17.0 Å². The maximum absolute atomic E-state index is 12.3. The summed E-state index contributed by atoms with van der Waals surface area (Å²) < 4.78 is 32.5. The second-order valence-corrected chi connectivity index (χ2v) is 6.64. The van der Waals surface area contributed by atoms with Gasteiger partial charge in [-0.05, 0) is 37.6 Å². The quantitative estimate of drug-likeness (QED) is 0.796. The first-order chi connectivity index (χ1) is 9.45. The van der Waals surface area contributed by atoms with Gasteiger partial charge in [0.25, 0.3) is 0 Å². The van der Waals surface area contributed by atoms with Crippen molar-refractivity contribution in [2.75, 3.05) is 19.8 Å². The molecule has 2 rings (SSSR count). The molecule has 1 aromatic carbocycles. The number of ether oxygens (including phenoxy) is 1. The lowest BCUT2D eigenvalue weighted by Crippen LogP contribution is -2.46. The van der Waals surface area contributed by atoms with Crippen molar-refractivity contribution in [3.05, 3.63) is 29.8 Å². The SMILES string of the molecule is CC1(NS(=O)(=O)c2ccc(C#CCO)cc2)CCOC1. The Morgan fingerprint density at radius 3 is 2.65 bits per heavy atom. The third kappa shape index (κ3) is 3.58. The smallest absolute Gasteiger partial charge is 0.241 e. The van der Waals surface area contributed by atoms with E-state index >= 15 is 0 Å². The molecule has 2 N–H and O–H groups in total. The minimum absolute atomic E-state index is 0.195. The van der Waals surface area contributed by atoms with Gasteiger partial charge < -0.3 is 9.84 Å². The summed E-state index contributed by atoms with van der Waals surface area (Å²) in [5, 5.41) is 8.61. The number of aliphatic hydroxyl groups excluding tert-OH is 1. The molecule has 1 aromatic rings. The number of benzene rings is 1. The van der Waals surface area contributed by atoms with Crippen LogP contribution in [0.25, 0.3) is 0 Å². The van der Waals surface area contributed by atoms with E-state index in [1.165, 1.54) is 12.1 Å². The van der Waals surface area contributed by atoms with Gasteiger partial charge in [0, 0.05) is 12.2 Å². The molecule has 6 heteroatoms. The fraction of sp³-hybridized carbons (Fsp3) is 0.429. The Morgan fingerprint density at radius 1 is 1.40 bits per heavy atom. The van der Waals surface area contributed by atoms with Crippen LogP contribution in [-0.4, -0.2) is 38.9 Å². The maximum atomic E-state index is 12.3. The molecular weight excluding hydrogens is 278 g/mol. The van der Waals surface area contributed by atoms with Gasteiger partial charge in [0.15, 0.2) is 0 Å². The summed E-state index contributed by atoms with van der Waals surface area (Å²) in [6, 6.07) is 6.24. The van der Waals surface area contributed by atoms with Crippen LogP contribution in [0.2, 0.25) is 0 Å². The molecule has 0 saturated carbocycles. The zero-order valence-corrected chi connectivity index (χ0v) is 12.0. The Kier molecular flexibility index (Phi) is 4.45. The molecule has 0 aliphatic carbocycles. The minimum Gasteiger partial charge on any atom is -0.384 e. The molecule has 1 fully saturated rings. The first kappa shape index (κ1) is 15.0. The van der Waals surface area contributed by atoms with Gasteiger partial charge in [-0.2, -0.15) is 0 Å². The summed E-state index contributed by atoms with van der Waals surface area (Å²) in [6.07, 6.45) is 0.659. The van der Waals surface area contributed by atoms with Crippen molar-refractivity contribution in [3.63, 3.8) is 0 Å². The van der Waals surface area contributed by atoms with E-state index in [1.807, 2.05) is 6.92 Å². The maximum Gasteiger partial charge on any atom is 0.241 e. The summed E-state index contributed by atoms with van der Waals surface area (Å²) in [5.41, 5.74) is 0.113. The summed E-state index contributed by atoms with van der Waals surface area (Å²) in [7, 11) is -3.57. The molecule has 0 aromatic heterocycles. The van der Waals surface area contributed by atoms with Gasteiger partial charge in [-0.25, -0.2) is 13.1 Å². The molecule has 1 saturated heterocycles. The van der Waals surface area contributed by atoms with E-state index in [1.54, 1.807) is 12.1 Å². The lowest BCUT2D eigenvalue weighted by atomic mass is 10.0. The van der Waals surface area contributed by atoms with Crippen LogP contribution in [0.3, 0.4) is 0 Å². The van der Waals surface area contributed by atoms with E-state index < -0.39 is 15.6 Å². The molecule has 0 spiro atoms. The van der Waals surface area contributed by atoms with E-state index in [-0.39, 0.29) is 11.5 Å². The number of nitrogens with one attached hydrogen (secondary N) is 1. The summed E-state index contributed by atoms with van der Waals surface area (Å²) >= 11 is 0. The highest BCUT2D eigenvalue weighted by Crippen LogP contribution is 2.21. The molecule has 1 unspecified atom stereocenters. The largest absolute Gasteiger partial charge is 0.384 e. The van der Waals surface area contributed by atoms with Crippen LogP contribution in [0.5, 0.6) is 0 Å². The predicted molar refractivity (Wildman–Crippen MR) is 74.6 cm³/mol. The highest BCUT2D eigenvalue weighted by atomic mass is 32.2. The van der Waals surface area contributed by atoms with Gasteiger partial charge in [-0.1, -0.05) is 11.8 Å². The van der Waals surface area contributed by atoms with Crippen molar-refractivity contribution < 1.29 is 18.3 Å². The lowest BCUT2D eigenvalue weighted by Gasteiger charge is -2.23. The van der Waals surface area contributed by atoms with Crippen LogP contribution in [0, 0.1) is 11.8 Å². The molecule has 1 heterocycles. The predicted octanol–water partition coefficient (Wildman–Crippen LogP) is 0.488. The van der Waals surface area contributed by atoms with E-state index in [0.717, 1.165) is 0 Å². The molecule has 20 heavy (non-hydrogen) atoms. The van der Waals surface area contributed by atoms with E-state index in [2.05, 4.69) is 16.6 Å².